The number of benzene rings is 1. The van der Waals surface area contributed by atoms with Gasteiger partial charge in [0.25, 0.3) is 0 Å². The highest BCUT2D eigenvalue weighted by Crippen LogP contribution is 2.30. The number of aromatic nitrogens is 1. The third kappa shape index (κ3) is 3.81. The SMILES string of the molecule is COc1cc2nccc(OCC3CCNC3)c2cc1F.CS. The number of pyridine rings is 1. The van der Waals surface area contributed by atoms with Crippen molar-refractivity contribution in [3.63, 3.8) is 0 Å². The second-order valence-corrected chi connectivity index (χ2v) is 4.98. The summed E-state index contributed by atoms with van der Waals surface area (Å²) in [5.41, 5.74) is 0.672. The molecular formula is C16H21FN2O2S. The third-order valence-corrected chi connectivity index (χ3v) is 3.61. The molecule has 1 N–H and O–H groups in total. The van der Waals surface area contributed by atoms with Crippen LogP contribution >= 0.6 is 12.6 Å². The van der Waals surface area contributed by atoms with Crippen LogP contribution in [0.5, 0.6) is 11.5 Å². The second-order valence-electron chi connectivity index (χ2n) is 4.98. The van der Waals surface area contributed by atoms with Crippen LogP contribution in [0.1, 0.15) is 6.42 Å². The number of nitrogens with zero attached hydrogens (tertiary/aromatic N) is 1. The number of hydrogen-bond acceptors (Lipinski definition) is 5. The lowest BCUT2D eigenvalue weighted by Crippen LogP contribution is -2.15. The summed E-state index contributed by atoms with van der Waals surface area (Å²) in [6, 6.07) is 4.79. The molecule has 0 radical (unpaired) electrons. The van der Waals surface area contributed by atoms with E-state index in [4.69, 9.17) is 9.47 Å². The van der Waals surface area contributed by atoms with Crippen LogP contribution in [0, 0.1) is 11.7 Å². The standard InChI is InChI=1S/C15H17FN2O2.CH4S/c1-19-15-7-13-11(6-12(15)16)14(3-5-18-13)20-9-10-2-4-17-8-10;1-2/h3,5-7,10,17H,2,4,8-9H2,1H3;2H,1H3. The first-order valence-electron chi connectivity index (χ1n) is 7.18. The summed E-state index contributed by atoms with van der Waals surface area (Å²) in [5, 5.41) is 3.98. The third-order valence-electron chi connectivity index (χ3n) is 3.61. The van der Waals surface area contributed by atoms with Gasteiger partial charge in [-0.3, -0.25) is 4.98 Å². The van der Waals surface area contributed by atoms with Gasteiger partial charge < -0.3 is 14.8 Å². The molecule has 1 aromatic heterocycles. The Morgan fingerprint density at radius 1 is 1.36 bits per heavy atom. The Bertz CT molecular complexity index is 618. The summed E-state index contributed by atoms with van der Waals surface area (Å²) in [7, 11) is 1.44. The van der Waals surface area contributed by atoms with Gasteiger partial charge in [0.2, 0.25) is 0 Å². The number of rotatable bonds is 4. The molecule has 1 atom stereocenters. The molecule has 0 spiro atoms. The zero-order chi connectivity index (χ0) is 15.9. The number of halogens is 1. The van der Waals surface area contributed by atoms with Gasteiger partial charge in [0, 0.05) is 30.1 Å². The van der Waals surface area contributed by atoms with Crippen molar-refractivity contribution >= 4 is 23.5 Å². The lowest BCUT2D eigenvalue weighted by Gasteiger charge is -2.13. The van der Waals surface area contributed by atoms with Gasteiger partial charge in [0.1, 0.15) is 5.75 Å². The van der Waals surface area contributed by atoms with Crippen molar-refractivity contribution in [1.29, 1.82) is 0 Å². The van der Waals surface area contributed by atoms with Crippen LogP contribution < -0.4 is 14.8 Å². The first-order chi connectivity index (χ1) is 10.8. The van der Waals surface area contributed by atoms with Gasteiger partial charge in [-0.2, -0.15) is 12.6 Å². The van der Waals surface area contributed by atoms with Crippen molar-refractivity contribution in [2.24, 2.45) is 5.92 Å². The van der Waals surface area contributed by atoms with E-state index in [0.29, 0.717) is 29.2 Å². The quantitative estimate of drug-likeness (QED) is 0.849. The maximum absolute atomic E-state index is 13.8. The maximum atomic E-state index is 13.8. The van der Waals surface area contributed by atoms with E-state index >= 15 is 0 Å². The van der Waals surface area contributed by atoms with E-state index in [1.54, 1.807) is 24.6 Å². The summed E-state index contributed by atoms with van der Waals surface area (Å²) in [6.07, 6.45) is 4.48. The number of thiol groups is 1. The summed E-state index contributed by atoms with van der Waals surface area (Å²) in [4.78, 5) is 4.23. The average molecular weight is 324 g/mol. The van der Waals surface area contributed by atoms with Gasteiger partial charge in [0.05, 0.1) is 19.2 Å². The molecule has 0 bridgehead atoms. The molecule has 120 valence electrons. The normalized spacial score (nSPS) is 17.0. The fourth-order valence-corrected chi connectivity index (χ4v) is 2.47. The van der Waals surface area contributed by atoms with Crippen molar-refractivity contribution in [2.45, 2.75) is 6.42 Å². The molecule has 1 aromatic carbocycles. The molecule has 1 aliphatic rings. The molecule has 1 fully saturated rings. The highest BCUT2D eigenvalue weighted by atomic mass is 32.1. The molecule has 1 unspecified atom stereocenters. The van der Waals surface area contributed by atoms with Crippen LogP contribution in [0.15, 0.2) is 24.4 Å². The summed E-state index contributed by atoms with van der Waals surface area (Å²) in [6.45, 7) is 2.65. The monoisotopic (exact) mass is 324 g/mol. The van der Waals surface area contributed by atoms with Gasteiger partial charge >= 0.3 is 0 Å². The van der Waals surface area contributed by atoms with E-state index in [-0.39, 0.29) is 5.75 Å². The van der Waals surface area contributed by atoms with Gasteiger partial charge in [0.15, 0.2) is 11.6 Å². The highest BCUT2D eigenvalue weighted by Gasteiger charge is 2.16. The van der Waals surface area contributed by atoms with Crippen molar-refractivity contribution in [2.75, 3.05) is 33.1 Å². The molecule has 1 aliphatic heterocycles. The molecule has 2 heterocycles. The van der Waals surface area contributed by atoms with Gasteiger partial charge in [-0.05, 0) is 31.4 Å². The molecule has 6 heteroatoms. The van der Waals surface area contributed by atoms with Crippen LogP contribution in [-0.2, 0) is 0 Å². The molecular weight excluding hydrogens is 303 g/mol. The number of nitrogens with one attached hydrogen (secondary N) is 1. The van der Waals surface area contributed by atoms with Crippen LogP contribution in [0.2, 0.25) is 0 Å². The van der Waals surface area contributed by atoms with Crippen molar-refractivity contribution in [3.8, 4) is 11.5 Å². The predicted molar refractivity (Wildman–Crippen MR) is 89.6 cm³/mol. The topological polar surface area (TPSA) is 43.4 Å². The number of ether oxygens (including phenoxy) is 2. The zero-order valence-corrected chi connectivity index (χ0v) is 13.7. The summed E-state index contributed by atoms with van der Waals surface area (Å²) < 4.78 is 24.6. The van der Waals surface area contributed by atoms with E-state index in [0.717, 1.165) is 19.5 Å². The van der Waals surface area contributed by atoms with Crippen LogP contribution in [0.4, 0.5) is 4.39 Å². The molecule has 2 aromatic rings. The fraction of sp³-hybridized carbons (Fsp3) is 0.438. The predicted octanol–water partition coefficient (Wildman–Crippen LogP) is 2.92. The number of hydrogen-bond donors (Lipinski definition) is 2. The van der Waals surface area contributed by atoms with E-state index in [9.17, 15) is 4.39 Å². The minimum Gasteiger partial charge on any atom is -0.494 e. The van der Waals surface area contributed by atoms with Gasteiger partial charge in [-0.1, -0.05) is 0 Å². The van der Waals surface area contributed by atoms with Crippen LogP contribution in [0.3, 0.4) is 0 Å². The Morgan fingerprint density at radius 3 is 2.86 bits per heavy atom. The molecule has 0 saturated carbocycles. The first-order valence-corrected chi connectivity index (χ1v) is 8.08. The van der Waals surface area contributed by atoms with Crippen LogP contribution in [0.25, 0.3) is 10.9 Å². The Balaban J connectivity index is 0.000000847. The number of fused-ring (bicyclic) bond motifs is 1. The first kappa shape index (κ1) is 16.8. The summed E-state index contributed by atoms with van der Waals surface area (Å²) in [5.74, 6) is 0.979. The highest BCUT2D eigenvalue weighted by molar-refractivity contribution is 7.79. The molecule has 4 nitrogen and oxygen atoms in total. The van der Waals surface area contributed by atoms with E-state index < -0.39 is 5.82 Å². The molecule has 1 saturated heterocycles. The Kier molecular flexibility index (Phi) is 6.27. The summed E-state index contributed by atoms with van der Waals surface area (Å²) >= 11 is 3.53. The smallest absolute Gasteiger partial charge is 0.165 e. The van der Waals surface area contributed by atoms with Crippen molar-refractivity contribution < 1.29 is 13.9 Å². The Hall–Kier alpha value is -1.53. The van der Waals surface area contributed by atoms with E-state index in [1.165, 1.54) is 13.2 Å². The van der Waals surface area contributed by atoms with E-state index in [2.05, 4.69) is 22.9 Å². The maximum Gasteiger partial charge on any atom is 0.165 e. The molecule has 0 amide bonds. The molecule has 3 rings (SSSR count). The average Bonchev–Trinajstić information content (AvgIpc) is 3.07. The minimum absolute atomic E-state index is 0.196. The van der Waals surface area contributed by atoms with Gasteiger partial charge in [-0.25, -0.2) is 4.39 Å². The molecule has 22 heavy (non-hydrogen) atoms. The van der Waals surface area contributed by atoms with Crippen LogP contribution in [-0.4, -0.2) is 38.0 Å². The number of methoxy groups -OCH3 is 1. The lowest BCUT2D eigenvalue weighted by molar-refractivity contribution is 0.262. The second kappa shape index (κ2) is 8.19. The Morgan fingerprint density at radius 2 is 2.18 bits per heavy atom. The van der Waals surface area contributed by atoms with E-state index in [1.807, 2.05) is 0 Å². The minimum atomic E-state index is -0.402. The zero-order valence-electron chi connectivity index (χ0n) is 12.8. The van der Waals surface area contributed by atoms with Crippen molar-refractivity contribution in [1.82, 2.24) is 10.3 Å². The molecule has 0 aliphatic carbocycles. The Labute approximate surface area is 135 Å². The van der Waals surface area contributed by atoms with Gasteiger partial charge in [-0.15, -0.1) is 0 Å². The van der Waals surface area contributed by atoms with Crippen molar-refractivity contribution in [3.05, 3.63) is 30.2 Å². The lowest BCUT2D eigenvalue weighted by atomic mass is 10.1. The fourth-order valence-electron chi connectivity index (χ4n) is 2.47. The largest absolute Gasteiger partial charge is 0.494 e.